The standard InChI is InChI=1S/C25H33N3O4/c1-16(2)24(31)20-9-5-19(6-10-20)14-27-25(32)22(28-23(30)15-26-17(3)4)13-18-7-11-21(29)12-8-18/h5-12,16-17,22,26,29H,13-15H2,1-4H3,(H,27,32)(H,28,30). The minimum Gasteiger partial charge on any atom is -0.508 e. The maximum absolute atomic E-state index is 12.9. The molecule has 0 aromatic heterocycles. The van der Waals surface area contributed by atoms with E-state index in [1.165, 1.54) is 0 Å². The van der Waals surface area contributed by atoms with E-state index in [2.05, 4.69) is 16.0 Å². The van der Waals surface area contributed by atoms with Gasteiger partial charge in [-0.05, 0) is 23.3 Å². The Morgan fingerprint density at radius 2 is 1.47 bits per heavy atom. The van der Waals surface area contributed by atoms with Gasteiger partial charge in [0.25, 0.3) is 0 Å². The van der Waals surface area contributed by atoms with Crippen LogP contribution in [0.1, 0.15) is 49.2 Å². The molecule has 0 bridgehead atoms. The van der Waals surface area contributed by atoms with Crippen LogP contribution in [0.15, 0.2) is 48.5 Å². The Hall–Kier alpha value is -3.19. The molecule has 0 saturated heterocycles. The highest BCUT2D eigenvalue weighted by Gasteiger charge is 2.21. The number of nitrogens with one attached hydrogen (secondary N) is 3. The molecular formula is C25H33N3O4. The average Bonchev–Trinajstić information content (AvgIpc) is 2.76. The number of rotatable bonds is 11. The molecule has 0 saturated carbocycles. The summed E-state index contributed by atoms with van der Waals surface area (Å²) in [5.74, 6) is -0.436. The molecule has 32 heavy (non-hydrogen) atoms. The van der Waals surface area contributed by atoms with Gasteiger partial charge in [0, 0.05) is 30.5 Å². The highest BCUT2D eigenvalue weighted by molar-refractivity contribution is 5.97. The van der Waals surface area contributed by atoms with Gasteiger partial charge in [0.2, 0.25) is 11.8 Å². The Bertz CT molecular complexity index is 906. The van der Waals surface area contributed by atoms with Crippen molar-refractivity contribution in [3.8, 4) is 5.75 Å². The third-order valence-corrected chi connectivity index (χ3v) is 4.93. The minimum absolute atomic E-state index is 0.0741. The third kappa shape index (κ3) is 8.15. The van der Waals surface area contributed by atoms with Crippen LogP contribution in [0.25, 0.3) is 0 Å². The lowest BCUT2D eigenvalue weighted by Crippen LogP contribution is -2.50. The van der Waals surface area contributed by atoms with Gasteiger partial charge in [0.1, 0.15) is 11.8 Å². The Morgan fingerprint density at radius 1 is 0.875 bits per heavy atom. The zero-order valence-electron chi connectivity index (χ0n) is 19.1. The monoisotopic (exact) mass is 439 g/mol. The van der Waals surface area contributed by atoms with Crippen LogP contribution in [0.4, 0.5) is 0 Å². The van der Waals surface area contributed by atoms with Crippen LogP contribution in [0.2, 0.25) is 0 Å². The van der Waals surface area contributed by atoms with E-state index in [4.69, 9.17) is 0 Å². The molecule has 0 radical (unpaired) electrons. The second-order valence-corrected chi connectivity index (χ2v) is 8.46. The molecule has 0 heterocycles. The fourth-order valence-electron chi connectivity index (χ4n) is 3.05. The molecule has 2 aromatic rings. The first-order valence-corrected chi connectivity index (χ1v) is 10.9. The van der Waals surface area contributed by atoms with Crippen molar-refractivity contribution in [2.75, 3.05) is 6.54 Å². The van der Waals surface area contributed by atoms with Crippen molar-refractivity contribution in [1.29, 1.82) is 0 Å². The summed E-state index contributed by atoms with van der Waals surface area (Å²) >= 11 is 0. The first kappa shape index (κ1) is 25.1. The molecule has 1 atom stereocenters. The molecular weight excluding hydrogens is 406 g/mol. The summed E-state index contributed by atoms with van der Waals surface area (Å²) in [4.78, 5) is 37.3. The van der Waals surface area contributed by atoms with E-state index in [1.54, 1.807) is 36.4 Å². The van der Waals surface area contributed by atoms with Gasteiger partial charge in [0.05, 0.1) is 6.54 Å². The van der Waals surface area contributed by atoms with Crippen LogP contribution in [0.5, 0.6) is 5.75 Å². The molecule has 2 amide bonds. The fraction of sp³-hybridized carbons (Fsp3) is 0.400. The summed E-state index contributed by atoms with van der Waals surface area (Å²) in [6, 6.07) is 13.1. The van der Waals surface area contributed by atoms with Gasteiger partial charge in [-0.25, -0.2) is 0 Å². The average molecular weight is 440 g/mol. The number of carbonyl (C=O) groups is 3. The van der Waals surface area contributed by atoms with E-state index in [1.807, 2.05) is 39.8 Å². The summed E-state index contributed by atoms with van der Waals surface area (Å²) in [5.41, 5.74) is 2.32. The van der Waals surface area contributed by atoms with Gasteiger partial charge in [-0.1, -0.05) is 64.1 Å². The van der Waals surface area contributed by atoms with E-state index in [9.17, 15) is 19.5 Å². The molecule has 172 valence electrons. The van der Waals surface area contributed by atoms with Crippen LogP contribution in [-0.4, -0.2) is 41.3 Å². The molecule has 0 aliphatic heterocycles. The molecule has 4 N–H and O–H groups in total. The number of hydrogen-bond acceptors (Lipinski definition) is 5. The van der Waals surface area contributed by atoms with Gasteiger partial charge in [-0.15, -0.1) is 0 Å². The number of phenolic OH excluding ortho intramolecular Hbond substituents is 1. The van der Waals surface area contributed by atoms with Crippen LogP contribution in [0, 0.1) is 5.92 Å². The highest BCUT2D eigenvalue weighted by Crippen LogP contribution is 2.12. The first-order chi connectivity index (χ1) is 15.2. The number of carbonyl (C=O) groups excluding carboxylic acids is 3. The molecule has 2 aromatic carbocycles. The molecule has 7 heteroatoms. The number of benzene rings is 2. The SMILES string of the molecule is CC(C)NCC(=O)NC(Cc1ccc(O)cc1)C(=O)NCc1ccc(C(=O)C(C)C)cc1. The maximum Gasteiger partial charge on any atom is 0.243 e. The van der Waals surface area contributed by atoms with Crippen molar-refractivity contribution >= 4 is 17.6 Å². The van der Waals surface area contributed by atoms with Crippen molar-refractivity contribution in [2.45, 2.75) is 52.7 Å². The second-order valence-electron chi connectivity index (χ2n) is 8.46. The van der Waals surface area contributed by atoms with Gasteiger partial charge in [0.15, 0.2) is 5.78 Å². The van der Waals surface area contributed by atoms with E-state index >= 15 is 0 Å². The predicted molar refractivity (Wildman–Crippen MR) is 124 cm³/mol. The lowest BCUT2D eigenvalue weighted by atomic mass is 10.00. The highest BCUT2D eigenvalue weighted by atomic mass is 16.3. The zero-order valence-corrected chi connectivity index (χ0v) is 19.1. The van der Waals surface area contributed by atoms with Gasteiger partial charge < -0.3 is 21.1 Å². The molecule has 0 aliphatic carbocycles. The van der Waals surface area contributed by atoms with E-state index in [0.717, 1.165) is 11.1 Å². The number of ketones is 1. The normalized spacial score (nSPS) is 11.9. The smallest absolute Gasteiger partial charge is 0.243 e. The Morgan fingerprint density at radius 3 is 2.03 bits per heavy atom. The molecule has 0 fully saturated rings. The van der Waals surface area contributed by atoms with Crippen LogP contribution < -0.4 is 16.0 Å². The van der Waals surface area contributed by atoms with E-state index in [-0.39, 0.29) is 48.4 Å². The van der Waals surface area contributed by atoms with Gasteiger partial charge in [-0.3, -0.25) is 14.4 Å². The Labute approximate surface area is 189 Å². The number of aromatic hydroxyl groups is 1. The van der Waals surface area contributed by atoms with Crippen LogP contribution >= 0.6 is 0 Å². The molecule has 2 rings (SSSR count). The quantitative estimate of drug-likeness (QED) is 0.403. The predicted octanol–water partition coefficient (Wildman–Crippen LogP) is 2.57. The fourth-order valence-corrected chi connectivity index (χ4v) is 3.05. The van der Waals surface area contributed by atoms with Crippen molar-refractivity contribution in [3.05, 3.63) is 65.2 Å². The largest absolute Gasteiger partial charge is 0.508 e. The minimum atomic E-state index is -0.761. The molecule has 0 aliphatic rings. The lowest BCUT2D eigenvalue weighted by molar-refractivity contribution is -0.128. The number of hydrogen-bond donors (Lipinski definition) is 4. The van der Waals surface area contributed by atoms with Crippen LogP contribution in [-0.2, 0) is 22.6 Å². The number of phenols is 1. The number of amides is 2. The lowest BCUT2D eigenvalue weighted by Gasteiger charge is -2.19. The maximum atomic E-state index is 12.9. The topological polar surface area (TPSA) is 108 Å². The first-order valence-electron chi connectivity index (χ1n) is 10.9. The second kappa shape index (κ2) is 12.0. The van der Waals surface area contributed by atoms with Gasteiger partial charge in [-0.2, -0.15) is 0 Å². The third-order valence-electron chi connectivity index (χ3n) is 4.93. The van der Waals surface area contributed by atoms with Crippen molar-refractivity contribution in [1.82, 2.24) is 16.0 Å². The molecule has 7 nitrogen and oxygen atoms in total. The molecule has 1 unspecified atom stereocenters. The number of Topliss-reactive ketones (excluding diaryl/α,β-unsaturated/α-hetero) is 1. The summed E-state index contributed by atoms with van der Waals surface area (Å²) in [6.45, 7) is 7.98. The van der Waals surface area contributed by atoms with E-state index < -0.39 is 6.04 Å². The summed E-state index contributed by atoms with van der Waals surface area (Å²) in [5, 5.41) is 18.2. The van der Waals surface area contributed by atoms with Crippen molar-refractivity contribution < 1.29 is 19.5 Å². The Kier molecular flexibility index (Phi) is 9.40. The van der Waals surface area contributed by atoms with Crippen molar-refractivity contribution in [3.63, 3.8) is 0 Å². The van der Waals surface area contributed by atoms with E-state index in [0.29, 0.717) is 12.0 Å². The summed E-state index contributed by atoms with van der Waals surface area (Å²) in [6.07, 6.45) is 0.293. The van der Waals surface area contributed by atoms with Crippen molar-refractivity contribution in [2.24, 2.45) is 5.92 Å². The van der Waals surface area contributed by atoms with Crippen LogP contribution in [0.3, 0.4) is 0 Å². The van der Waals surface area contributed by atoms with Gasteiger partial charge >= 0.3 is 0 Å². The Balaban J connectivity index is 2.03. The summed E-state index contributed by atoms with van der Waals surface area (Å²) in [7, 11) is 0. The summed E-state index contributed by atoms with van der Waals surface area (Å²) < 4.78 is 0. The molecule has 0 spiro atoms. The zero-order chi connectivity index (χ0) is 23.7.